The second-order valence-corrected chi connectivity index (χ2v) is 6.78. The fraction of sp³-hybridized carbons (Fsp3) is 0.538. The number of hydrogen-bond donors (Lipinski definition) is 1. The maximum absolute atomic E-state index is 12.4. The Bertz CT molecular complexity index is 513. The summed E-state index contributed by atoms with van der Waals surface area (Å²) in [5, 5.41) is 8.90. The molecule has 0 spiro atoms. The zero-order chi connectivity index (χ0) is 13.2. The van der Waals surface area contributed by atoms with Gasteiger partial charge in [-0.3, -0.25) is 0 Å². The zero-order valence-electron chi connectivity index (χ0n) is 10.5. The molecule has 1 atom stereocenters. The highest BCUT2D eigenvalue weighted by Gasteiger charge is 2.32. The van der Waals surface area contributed by atoms with Crippen LogP contribution in [0.25, 0.3) is 0 Å². The molecule has 100 valence electrons. The van der Waals surface area contributed by atoms with Gasteiger partial charge < -0.3 is 5.11 Å². The SMILES string of the molecule is Cc1cccc(S(=O)(=O)N2CCC(CCO)C2)c1. The zero-order valence-corrected chi connectivity index (χ0v) is 11.4. The number of benzene rings is 1. The minimum Gasteiger partial charge on any atom is -0.396 e. The van der Waals surface area contributed by atoms with Crippen molar-refractivity contribution in [2.75, 3.05) is 19.7 Å². The maximum Gasteiger partial charge on any atom is 0.243 e. The Balaban J connectivity index is 2.18. The molecule has 0 saturated carbocycles. The summed E-state index contributed by atoms with van der Waals surface area (Å²) < 4.78 is 26.3. The van der Waals surface area contributed by atoms with Gasteiger partial charge in [0.1, 0.15) is 0 Å². The number of nitrogens with zero attached hydrogens (tertiary/aromatic N) is 1. The molecule has 1 heterocycles. The molecule has 5 heteroatoms. The summed E-state index contributed by atoms with van der Waals surface area (Å²) >= 11 is 0. The first kappa shape index (κ1) is 13.5. The molecule has 2 rings (SSSR count). The molecule has 1 aromatic rings. The maximum atomic E-state index is 12.4. The lowest BCUT2D eigenvalue weighted by Crippen LogP contribution is -2.29. The summed E-state index contributed by atoms with van der Waals surface area (Å²) in [4.78, 5) is 0.368. The van der Waals surface area contributed by atoms with Gasteiger partial charge in [0.15, 0.2) is 0 Å². The minimum atomic E-state index is -3.36. The lowest BCUT2D eigenvalue weighted by molar-refractivity contribution is 0.259. The van der Waals surface area contributed by atoms with Crippen molar-refractivity contribution >= 4 is 10.0 Å². The Labute approximate surface area is 108 Å². The lowest BCUT2D eigenvalue weighted by Gasteiger charge is -2.16. The molecular weight excluding hydrogens is 250 g/mol. The van der Waals surface area contributed by atoms with Crippen LogP contribution in [0.15, 0.2) is 29.2 Å². The van der Waals surface area contributed by atoms with Gasteiger partial charge in [0, 0.05) is 19.7 Å². The first-order valence-electron chi connectivity index (χ1n) is 6.21. The molecule has 1 aliphatic rings. The second-order valence-electron chi connectivity index (χ2n) is 4.85. The Morgan fingerprint density at radius 2 is 2.22 bits per heavy atom. The van der Waals surface area contributed by atoms with Crippen LogP contribution < -0.4 is 0 Å². The van der Waals surface area contributed by atoms with Crippen LogP contribution in [0.3, 0.4) is 0 Å². The predicted molar refractivity (Wildman–Crippen MR) is 69.7 cm³/mol. The van der Waals surface area contributed by atoms with Gasteiger partial charge in [0.05, 0.1) is 4.90 Å². The van der Waals surface area contributed by atoms with Gasteiger partial charge in [-0.15, -0.1) is 0 Å². The highest BCUT2D eigenvalue weighted by Crippen LogP contribution is 2.26. The monoisotopic (exact) mass is 269 g/mol. The van der Waals surface area contributed by atoms with Crippen molar-refractivity contribution in [3.05, 3.63) is 29.8 Å². The van der Waals surface area contributed by atoms with E-state index >= 15 is 0 Å². The van der Waals surface area contributed by atoms with E-state index in [-0.39, 0.29) is 12.5 Å². The van der Waals surface area contributed by atoms with E-state index in [1.165, 1.54) is 4.31 Å². The van der Waals surface area contributed by atoms with E-state index in [9.17, 15) is 8.42 Å². The summed E-state index contributed by atoms with van der Waals surface area (Å²) in [5.41, 5.74) is 0.946. The quantitative estimate of drug-likeness (QED) is 0.898. The van der Waals surface area contributed by atoms with Crippen molar-refractivity contribution in [1.29, 1.82) is 0 Å². The van der Waals surface area contributed by atoms with Gasteiger partial charge in [-0.25, -0.2) is 8.42 Å². The van der Waals surface area contributed by atoms with E-state index in [0.29, 0.717) is 24.4 Å². The summed E-state index contributed by atoms with van der Waals surface area (Å²) in [6, 6.07) is 7.00. The average Bonchev–Trinajstić information content (AvgIpc) is 2.79. The second kappa shape index (κ2) is 5.38. The summed E-state index contributed by atoms with van der Waals surface area (Å²) in [6.45, 7) is 3.10. The van der Waals surface area contributed by atoms with Gasteiger partial charge in [0.2, 0.25) is 10.0 Å². The Morgan fingerprint density at radius 1 is 1.44 bits per heavy atom. The molecule has 4 nitrogen and oxygen atoms in total. The van der Waals surface area contributed by atoms with Crippen LogP contribution in [0, 0.1) is 12.8 Å². The van der Waals surface area contributed by atoms with E-state index in [2.05, 4.69) is 0 Å². The van der Waals surface area contributed by atoms with Crippen LogP contribution in [0.1, 0.15) is 18.4 Å². The van der Waals surface area contributed by atoms with Crippen molar-refractivity contribution in [3.63, 3.8) is 0 Å². The van der Waals surface area contributed by atoms with Crippen LogP contribution in [0.2, 0.25) is 0 Å². The Kier molecular flexibility index (Phi) is 4.04. The predicted octanol–water partition coefficient (Wildman–Crippen LogP) is 1.39. The highest BCUT2D eigenvalue weighted by molar-refractivity contribution is 7.89. The highest BCUT2D eigenvalue weighted by atomic mass is 32.2. The fourth-order valence-corrected chi connectivity index (χ4v) is 3.99. The number of aliphatic hydroxyl groups is 1. The summed E-state index contributed by atoms with van der Waals surface area (Å²) in [6.07, 6.45) is 1.52. The van der Waals surface area contributed by atoms with Gasteiger partial charge in [-0.2, -0.15) is 4.31 Å². The molecule has 0 aromatic heterocycles. The number of aryl methyl sites for hydroxylation is 1. The third-order valence-electron chi connectivity index (χ3n) is 3.41. The lowest BCUT2D eigenvalue weighted by atomic mass is 10.1. The number of hydrogen-bond acceptors (Lipinski definition) is 3. The summed E-state index contributed by atoms with van der Waals surface area (Å²) in [5.74, 6) is 0.287. The van der Waals surface area contributed by atoms with Crippen molar-refractivity contribution in [3.8, 4) is 0 Å². The van der Waals surface area contributed by atoms with Crippen LogP contribution in [-0.2, 0) is 10.0 Å². The topological polar surface area (TPSA) is 57.6 Å². The fourth-order valence-electron chi connectivity index (χ4n) is 2.36. The molecule has 18 heavy (non-hydrogen) atoms. The number of sulfonamides is 1. The average molecular weight is 269 g/mol. The third kappa shape index (κ3) is 2.74. The molecule has 0 radical (unpaired) electrons. The molecule has 0 aliphatic carbocycles. The molecular formula is C13H19NO3S. The van der Waals surface area contributed by atoms with E-state index < -0.39 is 10.0 Å². The smallest absolute Gasteiger partial charge is 0.243 e. The standard InChI is InChI=1S/C13H19NO3S/c1-11-3-2-4-13(9-11)18(16,17)14-7-5-12(10-14)6-8-15/h2-4,9,12,15H,5-8,10H2,1H3. The summed E-state index contributed by atoms with van der Waals surface area (Å²) in [7, 11) is -3.36. The molecule has 1 fully saturated rings. The molecule has 1 N–H and O–H groups in total. The molecule has 1 aromatic carbocycles. The molecule has 1 saturated heterocycles. The Hall–Kier alpha value is -0.910. The van der Waals surface area contributed by atoms with Crippen molar-refractivity contribution < 1.29 is 13.5 Å². The normalized spacial score (nSPS) is 21.3. The number of rotatable bonds is 4. The van der Waals surface area contributed by atoms with Gasteiger partial charge in [-0.05, 0) is 43.4 Å². The van der Waals surface area contributed by atoms with Crippen LogP contribution in [-0.4, -0.2) is 37.5 Å². The van der Waals surface area contributed by atoms with E-state index in [0.717, 1.165) is 12.0 Å². The van der Waals surface area contributed by atoms with Gasteiger partial charge >= 0.3 is 0 Å². The largest absolute Gasteiger partial charge is 0.396 e. The minimum absolute atomic E-state index is 0.128. The molecule has 0 bridgehead atoms. The molecule has 1 unspecified atom stereocenters. The third-order valence-corrected chi connectivity index (χ3v) is 5.27. The first-order chi connectivity index (χ1) is 8.54. The van der Waals surface area contributed by atoms with Gasteiger partial charge in [0.25, 0.3) is 0 Å². The van der Waals surface area contributed by atoms with Crippen LogP contribution >= 0.6 is 0 Å². The van der Waals surface area contributed by atoms with Crippen molar-refractivity contribution in [2.45, 2.75) is 24.7 Å². The Morgan fingerprint density at radius 3 is 2.89 bits per heavy atom. The van der Waals surface area contributed by atoms with Crippen LogP contribution in [0.4, 0.5) is 0 Å². The molecule has 1 aliphatic heterocycles. The van der Waals surface area contributed by atoms with Crippen molar-refractivity contribution in [2.24, 2.45) is 5.92 Å². The molecule has 0 amide bonds. The first-order valence-corrected chi connectivity index (χ1v) is 7.65. The van der Waals surface area contributed by atoms with Crippen LogP contribution in [0.5, 0.6) is 0 Å². The number of aliphatic hydroxyl groups excluding tert-OH is 1. The van der Waals surface area contributed by atoms with E-state index in [1.54, 1.807) is 18.2 Å². The van der Waals surface area contributed by atoms with Crippen molar-refractivity contribution in [1.82, 2.24) is 4.31 Å². The van der Waals surface area contributed by atoms with E-state index in [1.807, 2.05) is 13.0 Å². The van der Waals surface area contributed by atoms with E-state index in [4.69, 9.17) is 5.11 Å². The van der Waals surface area contributed by atoms with Gasteiger partial charge in [-0.1, -0.05) is 12.1 Å².